The minimum absolute atomic E-state index is 0.0865. The predicted octanol–water partition coefficient (Wildman–Crippen LogP) is 1.43. The van der Waals surface area contributed by atoms with Crippen molar-refractivity contribution >= 4 is 17.5 Å². The van der Waals surface area contributed by atoms with Crippen LogP contribution in [0.25, 0.3) is 0 Å². The third kappa shape index (κ3) is 3.65. The van der Waals surface area contributed by atoms with E-state index in [0.717, 1.165) is 13.0 Å². The minimum Gasteiger partial charge on any atom is -0.364 e. The summed E-state index contributed by atoms with van der Waals surface area (Å²) in [5.41, 5.74) is 0.244. The number of nitrogens with one attached hydrogen (secondary N) is 2. The van der Waals surface area contributed by atoms with Crippen LogP contribution >= 0.6 is 0 Å². The second kappa shape index (κ2) is 6.64. The molecule has 0 atom stereocenters. The average molecular weight is 291 g/mol. The Hall–Kier alpha value is -2.71. The number of rotatable bonds is 7. The van der Waals surface area contributed by atoms with Crippen molar-refractivity contribution in [2.24, 2.45) is 0 Å². The molecule has 0 saturated carbocycles. The second-order valence-corrected chi connectivity index (χ2v) is 4.42. The Labute approximate surface area is 121 Å². The summed E-state index contributed by atoms with van der Waals surface area (Å²) in [5.74, 6) is 0.595. The van der Waals surface area contributed by atoms with Gasteiger partial charge in [0.1, 0.15) is 5.69 Å². The molecule has 2 aromatic rings. The van der Waals surface area contributed by atoms with Crippen LogP contribution in [0.15, 0.2) is 18.7 Å². The van der Waals surface area contributed by atoms with Crippen molar-refractivity contribution in [1.82, 2.24) is 19.5 Å². The molecular formula is C12H17N7O2. The number of anilines is 2. The van der Waals surface area contributed by atoms with E-state index in [1.165, 1.54) is 0 Å². The van der Waals surface area contributed by atoms with Gasteiger partial charge in [-0.3, -0.25) is 10.1 Å². The van der Waals surface area contributed by atoms with Crippen molar-refractivity contribution in [3.63, 3.8) is 0 Å². The molecule has 0 radical (unpaired) electrons. The monoisotopic (exact) mass is 291 g/mol. The highest BCUT2D eigenvalue weighted by molar-refractivity contribution is 5.60. The largest absolute Gasteiger partial charge is 0.364 e. The first kappa shape index (κ1) is 14.7. The van der Waals surface area contributed by atoms with Crippen LogP contribution < -0.4 is 10.6 Å². The van der Waals surface area contributed by atoms with Gasteiger partial charge in [0, 0.05) is 32.5 Å². The van der Waals surface area contributed by atoms with Crippen LogP contribution in [0.2, 0.25) is 0 Å². The maximum atomic E-state index is 11.1. The van der Waals surface area contributed by atoms with Gasteiger partial charge in [-0.15, -0.1) is 0 Å². The molecule has 0 aliphatic heterocycles. The third-order valence-electron chi connectivity index (χ3n) is 2.91. The summed E-state index contributed by atoms with van der Waals surface area (Å²) < 4.78 is 1.94. The summed E-state index contributed by atoms with van der Waals surface area (Å²) in [5, 5.41) is 16.9. The van der Waals surface area contributed by atoms with E-state index in [-0.39, 0.29) is 11.5 Å². The zero-order valence-electron chi connectivity index (χ0n) is 11.9. The molecule has 2 heterocycles. The molecule has 9 heteroatoms. The van der Waals surface area contributed by atoms with Gasteiger partial charge in [0.25, 0.3) is 0 Å². The number of nitro groups is 1. The first-order valence-electron chi connectivity index (χ1n) is 6.52. The first-order chi connectivity index (χ1) is 10.1. The number of aryl methyl sites for hydroxylation is 2. The van der Waals surface area contributed by atoms with Gasteiger partial charge in [-0.1, -0.05) is 0 Å². The Balaban J connectivity index is 2.03. The number of aromatic nitrogens is 4. The first-order valence-corrected chi connectivity index (χ1v) is 6.52. The van der Waals surface area contributed by atoms with Crippen LogP contribution in [0.4, 0.5) is 17.5 Å². The Bertz CT molecular complexity index is 612. The molecule has 0 aliphatic rings. The highest BCUT2D eigenvalue weighted by Crippen LogP contribution is 2.26. The van der Waals surface area contributed by atoms with Gasteiger partial charge in [-0.05, 0) is 13.3 Å². The van der Waals surface area contributed by atoms with Gasteiger partial charge in [0.2, 0.25) is 11.8 Å². The average Bonchev–Trinajstić information content (AvgIpc) is 2.95. The van der Waals surface area contributed by atoms with Gasteiger partial charge < -0.3 is 15.2 Å². The van der Waals surface area contributed by atoms with Crippen LogP contribution in [-0.2, 0) is 6.54 Å². The fourth-order valence-corrected chi connectivity index (χ4v) is 1.91. The van der Waals surface area contributed by atoms with E-state index in [2.05, 4.69) is 25.6 Å². The predicted molar refractivity (Wildman–Crippen MR) is 78.3 cm³/mol. The molecule has 21 heavy (non-hydrogen) atoms. The van der Waals surface area contributed by atoms with E-state index < -0.39 is 4.92 Å². The summed E-state index contributed by atoms with van der Waals surface area (Å²) in [4.78, 5) is 22.7. The molecule has 0 aromatic carbocycles. The van der Waals surface area contributed by atoms with E-state index in [1.807, 2.05) is 10.8 Å². The second-order valence-electron chi connectivity index (χ2n) is 4.42. The third-order valence-corrected chi connectivity index (χ3v) is 2.91. The molecule has 9 nitrogen and oxygen atoms in total. The molecule has 2 N–H and O–H groups in total. The fraction of sp³-hybridized carbons (Fsp3) is 0.417. The van der Waals surface area contributed by atoms with Crippen molar-refractivity contribution in [3.05, 3.63) is 34.5 Å². The summed E-state index contributed by atoms with van der Waals surface area (Å²) in [6, 6.07) is 0. The zero-order chi connectivity index (χ0) is 15.2. The molecule has 0 aliphatic carbocycles. The van der Waals surface area contributed by atoms with Gasteiger partial charge in [-0.2, -0.15) is 4.98 Å². The Kier molecular flexibility index (Phi) is 4.64. The van der Waals surface area contributed by atoms with Crippen molar-refractivity contribution < 1.29 is 4.92 Å². The van der Waals surface area contributed by atoms with Crippen LogP contribution in [0.1, 0.15) is 12.1 Å². The smallest absolute Gasteiger partial charge is 0.332 e. The van der Waals surface area contributed by atoms with Crippen molar-refractivity contribution in [2.45, 2.75) is 19.9 Å². The Morgan fingerprint density at radius 2 is 2.24 bits per heavy atom. The summed E-state index contributed by atoms with van der Waals surface area (Å²) in [7, 11) is 1.67. The Morgan fingerprint density at radius 1 is 1.43 bits per heavy atom. The van der Waals surface area contributed by atoms with E-state index in [4.69, 9.17) is 0 Å². The molecule has 0 fully saturated rings. The van der Waals surface area contributed by atoms with E-state index in [9.17, 15) is 10.1 Å². The van der Waals surface area contributed by atoms with Gasteiger partial charge in [0.05, 0.1) is 11.3 Å². The number of hydrogen-bond donors (Lipinski definition) is 2. The lowest BCUT2D eigenvalue weighted by Gasteiger charge is -2.09. The molecule has 0 amide bonds. The fourth-order valence-electron chi connectivity index (χ4n) is 1.91. The summed E-state index contributed by atoms with van der Waals surface area (Å²) in [6.45, 7) is 2.94. The summed E-state index contributed by atoms with van der Waals surface area (Å²) >= 11 is 0. The molecule has 0 bridgehead atoms. The highest BCUT2D eigenvalue weighted by Gasteiger charge is 2.21. The summed E-state index contributed by atoms with van der Waals surface area (Å²) in [6.07, 6.45) is 6.11. The number of hydrogen-bond acceptors (Lipinski definition) is 7. The van der Waals surface area contributed by atoms with Gasteiger partial charge >= 0.3 is 5.69 Å². The van der Waals surface area contributed by atoms with Crippen molar-refractivity contribution in [2.75, 3.05) is 24.2 Å². The lowest BCUT2D eigenvalue weighted by atomic mass is 10.3. The topological polar surface area (TPSA) is 111 Å². The van der Waals surface area contributed by atoms with E-state index in [1.54, 1.807) is 26.5 Å². The lowest BCUT2D eigenvalue weighted by molar-refractivity contribution is -0.385. The number of nitrogens with zero attached hydrogens (tertiary/aromatic N) is 5. The molecule has 2 rings (SSSR count). The van der Waals surface area contributed by atoms with Crippen LogP contribution in [0.5, 0.6) is 0 Å². The van der Waals surface area contributed by atoms with E-state index >= 15 is 0 Å². The molecule has 0 unspecified atom stereocenters. The SMILES string of the molecule is CNc1nc(C)c([N+](=O)[O-])c(NCCCn2ccnc2)n1. The molecule has 0 saturated heterocycles. The minimum atomic E-state index is -0.465. The molecule has 2 aromatic heterocycles. The highest BCUT2D eigenvalue weighted by atomic mass is 16.6. The van der Waals surface area contributed by atoms with Crippen LogP contribution in [-0.4, -0.2) is 38.0 Å². The van der Waals surface area contributed by atoms with Crippen LogP contribution in [0, 0.1) is 17.0 Å². The van der Waals surface area contributed by atoms with Crippen molar-refractivity contribution in [3.8, 4) is 0 Å². The van der Waals surface area contributed by atoms with Gasteiger partial charge in [-0.25, -0.2) is 9.97 Å². The molecule has 112 valence electrons. The van der Waals surface area contributed by atoms with Gasteiger partial charge in [0.15, 0.2) is 0 Å². The number of imidazole rings is 1. The quantitative estimate of drug-likeness (QED) is 0.451. The lowest BCUT2D eigenvalue weighted by Crippen LogP contribution is -2.12. The Morgan fingerprint density at radius 3 is 2.86 bits per heavy atom. The van der Waals surface area contributed by atoms with E-state index in [0.29, 0.717) is 18.2 Å². The van der Waals surface area contributed by atoms with Crippen LogP contribution in [0.3, 0.4) is 0 Å². The maximum Gasteiger partial charge on any atom is 0.332 e. The zero-order valence-corrected chi connectivity index (χ0v) is 11.9. The molecular weight excluding hydrogens is 274 g/mol. The normalized spacial score (nSPS) is 10.4. The van der Waals surface area contributed by atoms with Crippen molar-refractivity contribution in [1.29, 1.82) is 0 Å². The molecule has 0 spiro atoms. The maximum absolute atomic E-state index is 11.1. The standard InChI is InChI=1S/C12H17N7O2/c1-9-10(19(20)21)11(17-12(13-2)16-9)15-4-3-6-18-7-5-14-8-18/h5,7-8H,3-4,6H2,1-2H3,(H2,13,15,16,17).